The third-order valence-corrected chi connectivity index (χ3v) is 6.66. The van der Waals surface area contributed by atoms with Crippen LogP contribution in [-0.4, -0.2) is 72.3 Å². The standard InChI is InChI=1S/C24H38N6O/c1-2-25-23(26-14-8-11-22-28-20-9-4-5-10-21(20)29-22)27-19-24(12-6-3-7-13-24)30-15-17-31-18-16-30/h4-5,9-10H,2-3,6-8,11-19H2,1H3,(H,28,29)(H2,25,26,27). The summed E-state index contributed by atoms with van der Waals surface area (Å²) < 4.78 is 5.61. The summed E-state index contributed by atoms with van der Waals surface area (Å²) in [6.07, 6.45) is 8.43. The molecule has 2 fully saturated rings. The van der Waals surface area contributed by atoms with Crippen molar-refractivity contribution >= 4 is 17.0 Å². The van der Waals surface area contributed by atoms with E-state index in [0.29, 0.717) is 0 Å². The van der Waals surface area contributed by atoms with Crippen LogP contribution < -0.4 is 10.6 Å². The van der Waals surface area contributed by atoms with Gasteiger partial charge in [0.1, 0.15) is 5.82 Å². The number of aromatic nitrogens is 2. The topological polar surface area (TPSA) is 77.6 Å². The minimum absolute atomic E-state index is 0.207. The number of aryl methyl sites for hydroxylation is 1. The van der Waals surface area contributed by atoms with E-state index in [9.17, 15) is 0 Å². The molecular weight excluding hydrogens is 388 g/mol. The van der Waals surface area contributed by atoms with Gasteiger partial charge in [0.2, 0.25) is 0 Å². The van der Waals surface area contributed by atoms with Gasteiger partial charge in [0, 0.05) is 38.1 Å². The summed E-state index contributed by atoms with van der Waals surface area (Å²) >= 11 is 0. The van der Waals surface area contributed by atoms with E-state index >= 15 is 0 Å². The van der Waals surface area contributed by atoms with Gasteiger partial charge in [0.15, 0.2) is 5.96 Å². The zero-order chi connectivity index (χ0) is 21.4. The molecule has 1 aromatic carbocycles. The van der Waals surface area contributed by atoms with Gasteiger partial charge in [-0.3, -0.25) is 9.89 Å². The van der Waals surface area contributed by atoms with Crippen LogP contribution in [0.3, 0.4) is 0 Å². The monoisotopic (exact) mass is 426 g/mol. The van der Waals surface area contributed by atoms with Crippen LogP contribution in [0.25, 0.3) is 11.0 Å². The molecule has 0 radical (unpaired) electrons. The number of H-pyrrole nitrogens is 1. The number of guanidine groups is 1. The van der Waals surface area contributed by atoms with Crippen molar-refractivity contribution in [2.24, 2.45) is 4.99 Å². The Morgan fingerprint density at radius 1 is 1.16 bits per heavy atom. The smallest absolute Gasteiger partial charge is 0.191 e. The molecule has 7 heteroatoms. The highest BCUT2D eigenvalue weighted by molar-refractivity contribution is 5.79. The van der Waals surface area contributed by atoms with Gasteiger partial charge in [0.05, 0.1) is 30.8 Å². The molecule has 2 aliphatic rings. The molecule has 2 heterocycles. The molecule has 170 valence electrons. The van der Waals surface area contributed by atoms with Gasteiger partial charge in [0.25, 0.3) is 0 Å². The van der Waals surface area contributed by atoms with Crippen molar-refractivity contribution < 1.29 is 4.74 Å². The highest BCUT2D eigenvalue weighted by Crippen LogP contribution is 2.34. The second-order valence-corrected chi connectivity index (χ2v) is 8.81. The summed E-state index contributed by atoms with van der Waals surface area (Å²) in [4.78, 5) is 15.8. The summed E-state index contributed by atoms with van der Waals surface area (Å²) in [5, 5.41) is 6.97. The Hall–Kier alpha value is -2.12. The van der Waals surface area contributed by atoms with Crippen molar-refractivity contribution in [3.8, 4) is 0 Å². The summed E-state index contributed by atoms with van der Waals surface area (Å²) in [7, 11) is 0. The number of rotatable bonds is 8. The van der Waals surface area contributed by atoms with E-state index in [0.717, 1.165) is 81.6 Å². The molecule has 0 amide bonds. The van der Waals surface area contributed by atoms with Crippen molar-refractivity contribution in [3.63, 3.8) is 0 Å². The van der Waals surface area contributed by atoms with Crippen LogP contribution in [0.4, 0.5) is 0 Å². The maximum atomic E-state index is 5.61. The Bertz CT molecular complexity index is 802. The molecule has 0 spiro atoms. The van der Waals surface area contributed by atoms with Gasteiger partial charge in [-0.05, 0) is 38.3 Å². The molecule has 1 aromatic heterocycles. The lowest BCUT2D eigenvalue weighted by molar-refractivity contribution is -0.0333. The fourth-order valence-electron chi connectivity index (χ4n) is 4.98. The van der Waals surface area contributed by atoms with E-state index in [1.807, 2.05) is 12.1 Å². The number of morpholine rings is 1. The fraction of sp³-hybridized carbons (Fsp3) is 0.667. The SMILES string of the molecule is CCNC(=NCC1(N2CCOCC2)CCCCC1)NCCCc1nc2ccccc2[nH]1. The lowest BCUT2D eigenvalue weighted by Gasteiger charge is -2.47. The third-order valence-electron chi connectivity index (χ3n) is 6.66. The molecule has 1 saturated carbocycles. The Balaban J connectivity index is 1.32. The van der Waals surface area contributed by atoms with Crippen molar-refractivity contribution in [1.29, 1.82) is 0 Å². The molecule has 1 aliphatic heterocycles. The maximum Gasteiger partial charge on any atom is 0.191 e. The molecule has 2 aromatic rings. The van der Waals surface area contributed by atoms with Crippen molar-refractivity contribution in [1.82, 2.24) is 25.5 Å². The largest absolute Gasteiger partial charge is 0.379 e. The Kier molecular flexibility index (Phi) is 7.81. The van der Waals surface area contributed by atoms with E-state index in [2.05, 4.69) is 44.6 Å². The number of ether oxygens (including phenoxy) is 1. The van der Waals surface area contributed by atoms with Crippen LogP contribution in [0.5, 0.6) is 0 Å². The summed E-state index contributed by atoms with van der Waals surface area (Å²) in [6, 6.07) is 8.21. The lowest BCUT2D eigenvalue weighted by atomic mass is 9.80. The first kappa shape index (κ1) is 22.1. The summed E-state index contributed by atoms with van der Waals surface area (Å²) in [5.74, 6) is 1.99. The highest BCUT2D eigenvalue weighted by Gasteiger charge is 2.38. The average Bonchev–Trinajstić information content (AvgIpc) is 3.24. The third kappa shape index (κ3) is 5.77. The summed E-state index contributed by atoms with van der Waals surface area (Å²) in [5.41, 5.74) is 2.36. The van der Waals surface area contributed by atoms with E-state index in [-0.39, 0.29) is 5.54 Å². The number of aromatic amines is 1. The Morgan fingerprint density at radius 3 is 2.74 bits per heavy atom. The number of nitrogens with zero attached hydrogens (tertiary/aromatic N) is 3. The van der Waals surface area contributed by atoms with Gasteiger partial charge < -0.3 is 20.4 Å². The number of benzene rings is 1. The normalized spacial score (nSPS) is 20.1. The van der Waals surface area contributed by atoms with Crippen molar-refractivity contribution in [3.05, 3.63) is 30.1 Å². The summed E-state index contributed by atoms with van der Waals surface area (Å²) in [6.45, 7) is 8.54. The number of hydrogen-bond acceptors (Lipinski definition) is 4. The molecule has 0 bridgehead atoms. The second kappa shape index (κ2) is 11.0. The van der Waals surface area contributed by atoms with Gasteiger partial charge in [-0.15, -0.1) is 0 Å². The number of hydrogen-bond donors (Lipinski definition) is 3. The van der Waals surface area contributed by atoms with E-state index in [1.54, 1.807) is 0 Å². The maximum absolute atomic E-state index is 5.61. The molecule has 1 saturated heterocycles. The Labute approximate surface area is 186 Å². The first-order valence-electron chi connectivity index (χ1n) is 12.1. The highest BCUT2D eigenvalue weighted by atomic mass is 16.5. The van der Waals surface area contributed by atoms with Crippen LogP contribution >= 0.6 is 0 Å². The number of fused-ring (bicyclic) bond motifs is 1. The molecule has 0 atom stereocenters. The zero-order valence-electron chi connectivity index (χ0n) is 19.0. The van der Waals surface area contributed by atoms with Gasteiger partial charge in [-0.2, -0.15) is 0 Å². The molecule has 0 unspecified atom stereocenters. The minimum Gasteiger partial charge on any atom is -0.379 e. The minimum atomic E-state index is 0.207. The predicted octanol–water partition coefficient (Wildman–Crippen LogP) is 3.09. The van der Waals surface area contributed by atoms with Crippen LogP contribution in [-0.2, 0) is 11.2 Å². The fourth-order valence-corrected chi connectivity index (χ4v) is 4.98. The van der Waals surface area contributed by atoms with Crippen LogP contribution in [0.2, 0.25) is 0 Å². The molecular formula is C24H38N6O. The number of para-hydroxylation sites is 2. The van der Waals surface area contributed by atoms with Crippen molar-refractivity contribution in [2.45, 2.75) is 57.4 Å². The second-order valence-electron chi connectivity index (χ2n) is 8.81. The Morgan fingerprint density at radius 2 is 1.97 bits per heavy atom. The predicted molar refractivity (Wildman–Crippen MR) is 127 cm³/mol. The number of aliphatic imine (C=N–C) groups is 1. The average molecular weight is 427 g/mol. The van der Waals surface area contributed by atoms with Gasteiger partial charge in [-0.25, -0.2) is 4.98 Å². The van der Waals surface area contributed by atoms with Gasteiger partial charge >= 0.3 is 0 Å². The lowest BCUT2D eigenvalue weighted by Crippen LogP contribution is -2.56. The zero-order valence-corrected chi connectivity index (χ0v) is 19.0. The molecule has 31 heavy (non-hydrogen) atoms. The first-order valence-corrected chi connectivity index (χ1v) is 12.1. The van der Waals surface area contributed by atoms with Gasteiger partial charge in [-0.1, -0.05) is 31.4 Å². The van der Waals surface area contributed by atoms with Crippen LogP contribution in [0.15, 0.2) is 29.3 Å². The number of nitrogens with one attached hydrogen (secondary N) is 3. The molecule has 7 nitrogen and oxygen atoms in total. The molecule has 4 rings (SSSR count). The quantitative estimate of drug-likeness (QED) is 0.344. The van der Waals surface area contributed by atoms with Crippen LogP contribution in [0, 0.1) is 0 Å². The number of imidazole rings is 1. The van der Waals surface area contributed by atoms with Crippen LogP contribution in [0.1, 0.15) is 51.3 Å². The van der Waals surface area contributed by atoms with E-state index in [4.69, 9.17) is 9.73 Å². The van der Waals surface area contributed by atoms with E-state index < -0.39 is 0 Å². The van der Waals surface area contributed by atoms with E-state index in [1.165, 1.54) is 32.1 Å². The first-order chi connectivity index (χ1) is 15.3. The van der Waals surface area contributed by atoms with Crippen molar-refractivity contribution in [2.75, 3.05) is 45.9 Å². The molecule has 3 N–H and O–H groups in total. The molecule has 1 aliphatic carbocycles.